The van der Waals surface area contributed by atoms with Crippen LogP contribution in [0.2, 0.25) is 0 Å². The molecule has 0 aliphatic carbocycles. The zero-order valence-electron chi connectivity index (χ0n) is 19.7. The van der Waals surface area contributed by atoms with Gasteiger partial charge in [0.2, 0.25) is 0 Å². The third-order valence-corrected chi connectivity index (χ3v) is 6.76. The lowest BCUT2D eigenvalue weighted by molar-refractivity contribution is -0.111. The molecule has 2 N–H and O–H groups in total. The molecule has 5 rings (SSSR count). The molecule has 1 aliphatic rings. The minimum Gasteiger partial charge on any atom is -0.460 e. The van der Waals surface area contributed by atoms with Crippen LogP contribution in [0.1, 0.15) is 45.9 Å². The van der Waals surface area contributed by atoms with E-state index in [9.17, 15) is 14.7 Å². The maximum atomic E-state index is 13.1. The molecule has 1 saturated heterocycles. The number of rotatable bonds is 4. The highest BCUT2D eigenvalue weighted by Crippen LogP contribution is 2.36. The lowest BCUT2D eigenvalue weighted by Crippen LogP contribution is -2.68. The van der Waals surface area contributed by atoms with E-state index >= 15 is 0 Å². The van der Waals surface area contributed by atoms with E-state index < -0.39 is 5.60 Å². The van der Waals surface area contributed by atoms with Gasteiger partial charge in [-0.25, -0.2) is 4.52 Å². The van der Waals surface area contributed by atoms with Gasteiger partial charge in [-0.05, 0) is 45.4 Å². The van der Waals surface area contributed by atoms with Crippen LogP contribution in [0.25, 0.3) is 16.5 Å². The van der Waals surface area contributed by atoms with Crippen molar-refractivity contribution >= 4 is 28.3 Å². The molecule has 4 aromatic rings. The van der Waals surface area contributed by atoms with Gasteiger partial charge in [0.1, 0.15) is 22.6 Å². The maximum Gasteiger partial charge on any atom is 0.256 e. The predicted molar refractivity (Wildman–Crippen MR) is 125 cm³/mol. The molecule has 1 aromatic carbocycles. The Hall–Kier alpha value is -3.85. The smallest absolute Gasteiger partial charge is 0.256 e. The lowest BCUT2D eigenvalue weighted by Gasteiger charge is -2.51. The second-order valence-electron chi connectivity index (χ2n) is 9.00. The first-order chi connectivity index (χ1) is 16.1. The fourth-order valence-electron chi connectivity index (χ4n) is 4.56. The third-order valence-electron chi connectivity index (χ3n) is 6.76. The highest BCUT2D eigenvalue weighted by molar-refractivity contribution is 6.07. The monoisotopic (exact) mass is 462 g/mol. The van der Waals surface area contributed by atoms with E-state index in [1.165, 1.54) is 0 Å². The average molecular weight is 463 g/mol. The first-order valence-electron chi connectivity index (χ1n) is 11.1. The summed E-state index contributed by atoms with van der Waals surface area (Å²) in [5.74, 6) is 1.23. The van der Waals surface area contributed by atoms with E-state index in [-0.39, 0.29) is 24.4 Å². The second-order valence-corrected chi connectivity index (χ2v) is 9.00. The Bertz CT molecular complexity index is 1470. The number of carbonyl (C=O) groups is 2. The van der Waals surface area contributed by atoms with Crippen molar-refractivity contribution in [3.05, 3.63) is 59.1 Å². The number of furan rings is 1. The number of nitrogens with zero attached hydrogens (tertiary/aromatic N) is 3. The number of aliphatic hydroxyl groups is 1. The van der Waals surface area contributed by atoms with E-state index in [0.29, 0.717) is 44.9 Å². The summed E-state index contributed by atoms with van der Waals surface area (Å²) in [5, 5.41) is 17.9. The summed E-state index contributed by atoms with van der Waals surface area (Å²) in [6, 6.07) is 6.77. The molecular formula is C25H26N4O5. The standard InChI is InChI=1S/C25H26N4O5/c1-13-18(24(31)28-12-25(4,32)15(28)3)11-29-22(13)19(8-9-27-29)34-16-6-7-17-20(10-16)33-14(2)21(17)23(30)26-5/h6-11,15,32H,12H2,1-5H3,(H,26,30)/t15-,25-/m1/s1. The fourth-order valence-corrected chi connectivity index (χ4v) is 4.56. The predicted octanol–water partition coefficient (Wildman–Crippen LogP) is 3.44. The molecular weight excluding hydrogens is 436 g/mol. The number of benzene rings is 1. The van der Waals surface area contributed by atoms with Gasteiger partial charge in [0.15, 0.2) is 5.75 Å². The van der Waals surface area contributed by atoms with E-state index in [1.54, 1.807) is 67.0 Å². The highest BCUT2D eigenvalue weighted by atomic mass is 16.5. The topological polar surface area (TPSA) is 109 Å². The number of ether oxygens (including phenoxy) is 1. The molecule has 2 atom stereocenters. The van der Waals surface area contributed by atoms with Gasteiger partial charge in [0.05, 0.1) is 35.5 Å². The van der Waals surface area contributed by atoms with Crippen molar-refractivity contribution in [3.63, 3.8) is 0 Å². The molecule has 0 spiro atoms. The molecule has 0 bridgehead atoms. The summed E-state index contributed by atoms with van der Waals surface area (Å²) < 4.78 is 13.6. The molecule has 34 heavy (non-hydrogen) atoms. The van der Waals surface area contributed by atoms with Gasteiger partial charge >= 0.3 is 0 Å². The van der Waals surface area contributed by atoms with Crippen molar-refractivity contribution < 1.29 is 23.8 Å². The summed E-state index contributed by atoms with van der Waals surface area (Å²) in [4.78, 5) is 27.0. The number of nitrogens with one attached hydrogen (secondary N) is 1. The molecule has 0 unspecified atom stereocenters. The number of aromatic nitrogens is 2. The van der Waals surface area contributed by atoms with E-state index in [0.717, 1.165) is 5.56 Å². The first-order valence-corrected chi connectivity index (χ1v) is 11.1. The largest absolute Gasteiger partial charge is 0.460 e. The Morgan fingerprint density at radius 1 is 1.29 bits per heavy atom. The Kier molecular flexibility index (Phi) is 4.91. The van der Waals surface area contributed by atoms with E-state index in [2.05, 4.69) is 10.4 Å². The third kappa shape index (κ3) is 3.23. The molecule has 176 valence electrons. The van der Waals surface area contributed by atoms with Gasteiger partial charge in [-0.3, -0.25) is 9.59 Å². The Balaban J connectivity index is 1.50. The van der Waals surface area contributed by atoms with Crippen molar-refractivity contribution in [1.29, 1.82) is 0 Å². The van der Waals surface area contributed by atoms with Crippen LogP contribution in [0, 0.1) is 13.8 Å². The van der Waals surface area contributed by atoms with Crippen molar-refractivity contribution in [3.8, 4) is 11.5 Å². The number of hydrogen-bond donors (Lipinski definition) is 2. The number of amides is 2. The first kappa shape index (κ1) is 22.0. The van der Waals surface area contributed by atoms with Crippen LogP contribution in [0.3, 0.4) is 0 Å². The summed E-state index contributed by atoms with van der Waals surface area (Å²) in [5.41, 5.74) is 2.09. The van der Waals surface area contributed by atoms with E-state index in [4.69, 9.17) is 9.15 Å². The van der Waals surface area contributed by atoms with Crippen molar-refractivity contribution in [2.45, 2.75) is 39.3 Å². The normalized spacial score (nSPS) is 19.9. The molecule has 4 heterocycles. The Morgan fingerprint density at radius 3 is 2.74 bits per heavy atom. The van der Waals surface area contributed by atoms with Crippen LogP contribution in [0.5, 0.6) is 11.5 Å². The zero-order valence-corrected chi connectivity index (χ0v) is 19.7. The van der Waals surface area contributed by atoms with Gasteiger partial charge in [0.25, 0.3) is 11.8 Å². The Labute approximate surface area is 195 Å². The second kappa shape index (κ2) is 7.59. The Morgan fingerprint density at radius 2 is 2.06 bits per heavy atom. The molecule has 0 radical (unpaired) electrons. The van der Waals surface area contributed by atoms with Crippen molar-refractivity contribution in [1.82, 2.24) is 19.8 Å². The number of hydrogen-bond acceptors (Lipinski definition) is 6. The minimum atomic E-state index is -0.879. The number of carbonyl (C=O) groups excluding carboxylic acids is 2. The molecule has 3 aromatic heterocycles. The van der Waals surface area contributed by atoms with Crippen molar-refractivity contribution in [2.24, 2.45) is 0 Å². The highest BCUT2D eigenvalue weighted by Gasteiger charge is 2.47. The number of aryl methyl sites for hydroxylation is 2. The van der Waals surface area contributed by atoms with Gasteiger partial charge in [-0.1, -0.05) is 0 Å². The fraction of sp³-hybridized carbons (Fsp3) is 0.320. The van der Waals surface area contributed by atoms with Gasteiger partial charge < -0.3 is 24.5 Å². The van der Waals surface area contributed by atoms with Crippen LogP contribution >= 0.6 is 0 Å². The minimum absolute atomic E-state index is 0.151. The van der Waals surface area contributed by atoms with Crippen LogP contribution in [0.4, 0.5) is 0 Å². The van der Waals surface area contributed by atoms with Crippen LogP contribution in [-0.2, 0) is 0 Å². The lowest BCUT2D eigenvalue weighted by atomic mass is 9.86. The van der Waals surface area contributed by atoms with Crippen molar-refractivity contribution in [2.75, 3.05) is 13.6 Å². The summed E-state index contributed by atoms with van der Waals surface area (Å²) in [7, 11) is 1.58. The van der Waals surface area contributed by atoms with Gasteiger partial charge in [0, 0.05) is 30.8 Å². The number of likely N-dealkylation sites (tertiary alicyclic amines) is 1. The zero-order chi connectivity index (χ0) is 24.4. The summed E-state index contributed by atoms with van der Waals surface area (Å²) in [6.07, 6.45) is 3.29. The van der Waals surface area contributed by atoms with Crippen LogP contribution < -0.4 is 10.1 Å². The number of fused-ring (bicyclic) bond motifs is 2. The summed E-state index contributed by atoms with van der Waals surface area (Å²) in [6.45, 7) is 7.46. The van der Waals surface area contributed by atoms with E-state index in [1.807, 2.05) is 13.8 Å². The van der Waals surface area contributed by atoms with Crippen LogP contribution in [-0.4, -0.2) is 56.7 Å². The maximum absolute atomic E-state index is 13.1. The van der Waals surface area contributed by atoms with Gasteiger partial charge in [-0.15, -0.1) is 0 Å². The molecule has 9 nitrogen and oxygen atoms in total. The molecule has 2 amide bonds. The average Bonchev–Trinajstić information content (AvgIpc) is 3.32. The summed E-state index contributed by atoms with van der Waals surface area (Å²) >= 11 is 0. The number of β-amino-alcohol motifs (C(OH)–C–C–N with tert-alkyl or cyclic N) is 1. The molecule has 9 heteroatoms. The SMILES string of the molecule is CNC(=O)c1c(C)oc2cc(Oc3ccnn4cc(C(=O)N5C[C@@](C)(O)[C@H]5C)c(C)c34)ccc12. The molecule has 0 saturated carbocycles. The molecule has 1 aliphatic heterocycles. The quantitative estimate of drug-likeness (QED) is 0.481. The molecule has 1 fully saturated rings. The van der Waals surface area contributed by atoms with Gasteiger partial charge in [-0.2, -0.15) is 5.10 Å². The van der Waals surface area contributed by atoms with Crippen LogP contribution in [0.15, 0.2) is 41.1 Å².